The van der Waals surface area contributed by atoms with Crippen LogP contribution in [0.15, 0.2) is 88.2 Å². The highest BCUT2D eigenvalue weighted by atomic mass is 32.2. The maximum absolute atomic E-state index is 11.7. The van der Waals surface area contributed by atoms with Crippen LogP contribution >= 0.6 is 0 Å². The molecule has 0 aliphatic carbocycles. The van der Waals surface area contributed by atoms with Crippen LogP contribution in [0.2, 0.25) is 0 Å². The normalized spacial score (nSPS) is 18.2. The van der Waals surface area contributed by atoms with Crippen molar-refractivity contribution in [2.75, 3.05) is 13.7 Å². The standard InChI is InChI=1S/C27H26N2O6S/c1-32-21-14-15-33-24(17-21)20-8-5-9-22(16-20)34-27-29-25(18-6-3-2-4-7-18)26(35-27)19-10-12-23(13-11-19)36(28,30)31/h2-13,16,21,24H,14-15,17H2,1H3,(H2,28,30,31). The molecule has 8 nitrogen and oxygen atoms in total. The minimum absolute atomic E-state index is 0.0148. The number of sulfonamides is 1. The van der Waals surface area contributed by atoms with Crippen LogP contribution in [-0.4, -0.2) is 33.2 Å². The van der Waals surface area contributed by atoms with Crippen LogP contribution < -0.4 is 9.88 Å². The second kappa shape index (κ2) is 10.2. The number of methoxy groups -OCH3 is 1. The van der Waals surface area contributed by atoms with Crippen molar-refractivity contribution in [1.82, 2.24) is 4.98 Å². The van der Waals surface area contributed by atoms with E-state index in [9.17, 15) is 8.42 Å². The van der Waals surface area contributed by atoms with Gasteiger partial charge >= 0.3 is 6.08 Å². The minimum atomic E-state index is -3.81. The van der Waals surface area contributed by atoms with Crippen LogP contribution in [0.3, 0.4) is 0 Å². The highest BCUT2D eigenvalue weighted by molar-refractivity contribution is 7.89. The summed E-state index contributed by atoms with van der Waals surface area (Å²) in [4.78, 5) is 4.62. The van der Waals surface area contributed by atoms with Gasteiger partial charge in [-0.2, -0.15) is 4.98 Å². The van der Waals surface area contributed by atoms with Crippen molar-refractivity contribution < 1.29 is 27.0 Å². The maximum atomic E-state index is 11.7. The number of hydrogen-bond acceptors (Lipinski definition) is 7. The highest BCUT2D eigenvalue weighted by Crippen LogP contribution is 2.38. The Kier molecular flexibility index (Phi) is 6.88. The van der Waals surface area contributed by atoms with E-state index in [-0.39, 0.29) is 23.2 Å². The largest absolute Gasteiger partial charge is 0.411 e. The van der Waals surface area contributed by atoms with Crippen molar-refractivity contribution in [3.63, 3.8) is 0 Å². The third kappa shape index (κ3) is 5.34. The zero-order valence-electron chi connectivity index (χ0n) is 19.7. The Hall–Kier alpha value is -3.50. The quantitative estimate of drug-likeness (QED) is 0.361. The van der Waals surface area contributed by atoms with E-state index in [0.717, 1.165) is 24.0 Å². The molecule has 1 aromatic heterocycles. The molecule has 1 aliphatic rings. The van der Waals surface area contributed by atoms with Gasteiger partial charge in [0, 0.05) is 31.3 Å². The fourth-order valence-electron chi connectivity index (χ4n) is 4.22. The Labute approximate surface area is 209 Å². The first-order chi connectivity index (χ1) is 17.4. The molecule has 36 heavy (non-hydrogen) atoms. The number of primary sulfonamides is 1. The summed E-state index contributed by atoms with van der Waals surface area (Å²) in [6.07, 6.45) is 1.80. The van der Waals surface area contributed by atoms with Crippen molar-refractivity contribution in [3.05, 3.63) is 84.4 Å². The molecule has 0 amide bonds. The minimum Gasteiger partial charge on any atom is -0.411 e. The molecule has 1 aliphatic heterocycles. The van der Waals surface area contributed by atoms with Gasteiger partial charge in [-0.25, -0.2) is 13.6 Å². The van der Waals surface area contributed by atoms with Crippen molar-refractivity contribution in [2.24, 2.45) is 5.14 Å². The molecule has 2 unspecified atom stereocenters. The molecular weight excluding hydrogens is 480 g/mol. The average Bonchev–Trinajstić information content (AvgIpc) is 3.32. The lowest BCUT2D eigenvalue weighted by molar-refractivity contribution is -0.0599. The summed E-state index contributed by atoms with van der Waals surface area (Å²) in [6, 6.07) is 23.3. The second-order valence-electron chi connectivity index (χ2n) is 8.51. The average molecular weight is 507 g/mol. The molecular formula is C27H26N2O6S. The van der Waals surface area contributed by atoms with Gasteiger partial charge in [-0.1, -0.05) is 42.5 Å². The number of ether oxygens (including phenoxy) is 3. The Bertz CT molecular complexity index is 1430. The molecule has 0 saturated carbocycles. The van der Waals surface area contributed by atoms with Gasteiger partial charge in [-0.05, 0) is 48.4 Å². The zero-order chi connectivity index (χ0) is 25.1. The summed E-state index contributed by atoms with van der Waals surface area (Å²) in [5.74, 6) is 1.01. The summed E-state index contributed by atoms with van der Waals surface area (Å²) in [5, 5.41) is 5.24. The SMILES string of the molecule is COC1CCOC(c2cccc(Oc3nc(-c4ccccc4)c(-c4ccc(S(N)(=O)=O)cc4)o3)c2)C1. The molecule has 0 spiro atoms. The first kappa shape index (κ1) is 24.2. The van der Waals surface area contributed by atoms with Crippen molar-refractivity contribution >= 4 is 10.0 Å². The molecule has 3 aromatic carbocycles. The third-order valence-electron chi connectivity index (χ3n) is 6.10. The summed E-state index contributed by atoms with van der Waals surface area (Å²) >= 11 is 0. The van der Waals surface area contributed by atoms with Gasteiger partial charge in [-0.15, -0.1) is 0 Å². The summed E-state index contributed by atoms with van der Waals surface area (Å²) in [7, 11) is -2.09. The lowest BCUT2D eigenvalue weighted by Crippen LogP contribution is -2.25. The smallest absolute Gasteiger partial charge is 0.400 e. The Balaban J connectivity index is 1.46. The highest BCUT2D eigenvalue weighted by Gasteiger charge is 2.24. The molecule has 2 atom stereocenters. The maximum Gasteiger partial charge on any atom is 0.400 e. The van der Waals surface area contributed by atoms with E-state index in [1.165, 1.54) is 12.1 Å². The van der Waals surface area contributed by atoms with E-state index in [2.05, 4.69) is 4.98 Å². The molecule has 4 aromatic rings. The van der Waals surface area contributed by atoms with Gasteiger partial charge in [0.1, 0.15) is 11.4 Å². The first-order valence-electron chi connectivity index (χ1n) is 11.5. The number of benzene rings is 3. The number of hydrogen-bond donors (Lipinski definition) is 1. The monoisotopic (exact) mass is 506 g/mol. The van der Waals surface area contributed by atoms with Crippen LogP contribution in [0.4, 0.5) is 0 Å². The van der Waals surface area contributed by atoms with E-state index in [1.807, 2.05) is 54.6 Å². The van der Waals surface area contributed by atoms with Gasteiger partial charge in [-0.3, -0.25) is 0 Å². The van der Waals surface area contributed by atoms with Gasteiger partial charge in [0.25, 0.3) is 0 Å². The second-order valence-corrected chi connectivity index (χ2v) is 10.1. The number of aromatic nitrogens is 1. The predicted molar refractivity (Wildman–Crippen MR) is 134 cm³/mol. The fraction of sp³-hybridized carbons (Fsp3) is 0.222. The Morgan fingerprint density at radius 2 is 1.75 bits per heavy atom. The fourth-order valence-corrected chi connectivity index (χ4v) is 4.73. The van der Waals surface area contributed by atoms with E-state index < -0.39 is 10.0 Å². The third-order valence-corrected chi connectivity index (χ3v) is 7.03. The predicted octanol–water partition coefficient (Wildman–Crippen LogP) is 5.31. The van der Waals surface area contributed by atoms with Crippen molar-refractivity contribution in [3.8, 4) is 34.4 Å². The molecule has 0 radical (unpaired) electrons. The van der Waals surface area contributed by atoms with Crippen LogP contribution in [0, 0.1) is 0 Å². The van der Waals surface area contributed by atoms with Crippen LogP contribution in [0.5, 0.6) is 11.8 Å². The summed E-state index contributed by atoms with van der Waals surface area (Å²) < 4.78 is 46.8. The number of rotatable bonds is 7. The van der Waals surface area contributed by atoms with Crippen molar-refractivity contribution in [1.29, 1.82) is 0 Å². The number of nitrogens with two attached hydrogens (primary N) is 1. The van der Waals surface area contributed by atoms with E-state index in [4.69, 9.17) is 23.8 Å². The van der Waals surface area contributed by atoms with E-state index >= 15 is 0 Å². The lowest BCUT2D eigenvalue weighted by atomic mass is 9.99. The van der Waals surface area contributed by atoms with E-state index in [0.29, 0.717) is 29.4 Å². The van der Waals surface area contributed by atoms with Crippen molar-refractivity contribution in [2.45, 2.75) is 29.9 Å². The van der Waals surface area contributed by atoms with Crippen LogP contribution in [0.1, 0.15) is 24.5 Å². The van der Waals surface area contributed by atoms with Gasteiger partial charge in [0.2, 0.25) is 10.0 Å². The Morgan fingerprint density at radius 3 is 2.47 bits per heavy atom. The molecule has 2 heterocycles. The Morgan fingerprint density at radius 1 is 0.972 bits per heavy atom. The summed E-state index contributed by atoms with van der Waals surface area (Å²) in [5.41, 5.74) is 3.03. The van der Waals surface area contributed by atoms with Gasteiger partial charge in [0.05, 0.1) is 17.1 Å². The number of nitrogens with zero attached hydrogens (tertiary/aromatic N) is 1. The molecule has 2 N–H and O–H groups in total. The molecule has 5 rings (SSSR count). The molecule has 0 bridgehead atoms. The molecule has 1 saturated heterocycles. The van der Waals surface area contributed by atoms with Gasteiger partial charge < -0.3 is 18.6 Å². The topological polar surface area (TPSA) is 114 Å². The molecule has 186 valence electrons. The van der Waals surface area contributed by atoms with Crippen LogP contribution in [-0.2, 0) is 19.5 Å². The van der Waals surface area contributed by atoms with E-state index in [1.54, 1.807) is 19.2 Å². The zero-order valence-corrected chi connectivity index (χ0v) is 20.5. The van der Waals surface area contributed by atoms with Crippen LogP contribution in [0.25, 0.3) is 22.6 Å². The lowest BCUT2D eigenvalue weighted by Gasteiger charge is -2.29. The first-order valence-corrected chi connectivity index (χ1v) is 13.1. The molecule has 9 heteroatoms. The van der Waals surface area contributed by atoms with Gasteiger partial charge in [0.15, 0.2) is 5.76 Å². The summed E-state index contributed by atoms with van der Waals surface area (Å²) in [6.45, 7) is 0.641. The number of oxazole rings is 1. The molecule has 1 fully saturated rings.